The second-order valence-electron chi connectivity index (χ2n) is 7.83. The maximum absolute atomic E-state index is 12.9. The van der Waals surface area contributed by atoms with Crippen LogP contribution in [0.25, 0.3) is 0 Å². The van der Waals surface area contributed by atoms with Crippen molar-refractivity contribution in [3.05, 3.63) is 69.2 Å². The Balaban J connectivity index is 1.64. The van der Waals surface area contributed by atoms with E-state index in [1.165, 1.54) is 10.4 Å². The van der Waals surface area contributed by atoms with Crippen molar-refractivity contribution in [1.29, 1.82) is 0 Å². The fourth-order valence-corrected chi connectivity index (χ4v) is 5.80. The quantitative estimate of drug-likeness (QED) is 0.666. The molecule has 1 N–H and O–H groups in total. The van der Waals surface area contributed by atoms with E-state index in [-0.39, 0.29) is 30.2 Å². The van der Waals surface area contributed by atoms with Gasteiger partial charge in [-0.15, -0.1) is 0 Å². The Morgan fingerprint density at radius 2 is 1.90 bits per heavy atom. The third kappa shape index (κ3) is 5.76. The van der Waals surface area contributed by atoms with E-state index >= 15 is 0 Å². The molecule has 0 unspecified atom stereocenters. The molecule has 1 saturated heterocycles. The Hall–Kier alpha value is -1.60. The van der Waals surface area contributed by atoms with Crippen LogP contribution in [0.15, 0.2) is 42.5 Å². The number of aryl methyl sites for hydroxylation is 1. The number of hydrogen-bond donors (Lipinski definition) is 1. The smallest absolute Gasteiger partial charge is 0.224 e. The zero-order valence-corrected chi connectivity index (χ0v) is 19.4. The summed E-state index contributed by atoms with van der Waals surface area (Å²) in [6.07, 6.45) is 1.31. The summed E-state index contributed by atoms with van der Waals surface area (Å²) in [7, 11) is -3.60. The largest absolute Gasteiger partial charge is 0.349 e. The highest BCUT2D eigenvalue weighted by Crippen LogP contribution is 2.26. The van der Waals surface area contributed by atoms with E-state index in [2.05, 4.69) is 5.32 Å². The van der Waals surface area contributed by atoms with Gasteiger partial charge in [-0.3, -0.25) is 4.79 Å². The Morgan fingerprint density at radius 3 is 2.57 bits per heavy atom. The van der Waals surface area contributed by atoms with Gasteiger partial charge in [0.15, 0.2) is 0 Å². The van der Waals surface area contributed by atoms with Gasteiger partial charge in [-0.25, -0.2) is 12.7 Å². The third-order valence-corrected chi connectivity index (χ3v) is 7.82. The summed E-state index contributed by atoms with van der Waals surface area (Å²) in [6.45, 7) is 4.54. The summed E-state index contributed by atoms with van der Waals surface area (Å²) in [5, 5.41) is 3.81. The van der Waals surface area contributed by atoms with Crippen molar-refractivity contribution >= 4 is 39.1 Å². The average molecular weight is 469 g/mol. The maximum atomic E-state index is 12.9. The predicted octanol–water partition coefficient (Wildman–Crippen LogP) is 4.72. The molecule has 162 valence electrons. The van der Waals surface area contributed by atoms with Crippen LogP contribution < -0.4 is 5.32 Å². The van der Waals surface area contributed by atoms with Gasteiger partial charge in [0.25, 0.3) is 0 Å². The molecule has 1 amide bonds. The number of piperidine rings is 1. The second kappa shape index (κ2) is 9.69. The average Bonchev–Trinajstić information content (AvgIpc) is 2.70. The lowest BCUT2D eigenvalue weighted by Crippen LogP contribution is -2.46. The Bertz CT molecular complexity index is 1010. The first-order valence-corrected chi connectivity index (χ1v) is 12.3. The number of halogens is 2. The molecule has 30 heavy (non-hydrogen) atoms. The molecule has 2 aromatic carbocycles. The Kier molecular flexibility index (Phi) is 7.45. The third-order valence-electron chi connectivity index (χ3n) is 5.44. The molecule has 0 aromatic heterocycles. The van der Waals surface area contributed by atoms with Crippen molar-refractivity contribution in [1.82, 2.24) is 9.62 Å². The fraction of sp³-hybridized carbons (Fsp3) is 0.409. The van der Waals surface area contributed by atoms with E-state index in [0.29, 0.717) is 35.0 Å². The van der Waals surface area contributed by atoms with E-state index in [4.69, 9.17) is 23.2 Å². The van der Waals surface area contributed by atoms with Gasteiger partial charge in [-0.05, 0) is 49.9 Å². The van der Waals surface area contributed by atoms with Gasteiger partial charge in [-0.2, -0.15) is 0 Å². The molecule has 8 heteroatoms. The summed E-state index contributed by atoms with van der Waals surface area (Å²) < 4.78 is 27.3. The number of carbonyl (C=O) groups is 1. The van der Waals surface area contributed by atoms with Crippen LogP contribution in [0.5, 0.6) is 0 Å². The number of amides is 1. The van der Waals surface area contributed by atoms with Crippen molar-refractivity contribution in [2.24, 2.45) is 5.92 Å². The molecule has 2 atom stereocenters. The van der Waals surface area contributed by atoms with Crippen molar-refractivity contribution in [3.8, 4) is 0 Å². The lowest BCUT2D eigenvalue weighted by molar-refractivity contribution is -0.126. The highest BCUT2D eigenvalue weighted by Gasteiger charge is 2.33. The van der Waals surface area contributed by atoms with Crippen LogP contribution >= 0.6 is 23.2 Å². The minimum Gasteiger partial charge on any atom is -0.349 e. The molecule has 0 radical (unpaired) electrons. The minimum absolute atomic E-state index is 0.118. The SMILES string of the molecule is Cc1ccc([C@H](C)NC(=O)[C@H]2CCCN(S(=O)(=O)Cc3ccc(Cl)cc3Cl)C2)cc1. The van der Waals surface area contributed by atoms with Crippen molar-refractivity contribution in [3.63, 3.8) is 0 Å². The molecule has 0 spiro atoms. The Labute approximate surface area is 188 Å². The van der Waals surface area contributed by atoms with Gasteiger partial charge in [0.1, 0.15) is 0 Å². The zero-order chi connectivity index (χ0) is 21.9. The summed E-state index contributed by atoms with van der Waals surface area (Å²) in [5.41, 5.74) is 2.68. The number of nitrogens with zero attached hydrogens (tertiary/aromatic N) is 1. The van der Waals surface area contributed by atoms with Crippen LogP contribution in [0.3, 0.4) is 0 Å². The molecule has 1 aliphatic rings. The standard InChI is InChI=1S/C22H26Cl2N2O3S/c1-15-5-7-17(8-6-15)16(2)25-22(27)18-4-3-11-26(13-18)30(28,29)14-19-9-10-20(23)12-21(19)24/h5-10,12,16,18H,3-4,11,13-14H2,1-2H3,(H,25,27)/t16-,18-/m0/s1. The van der Waals surface area contributed by atoms with Crippen LogP contribution in [0.1, 0.15) is 42.5 Å². The Morgan fingerprint density at radius 1 is 1.20 bits per heavy atom. The zero-order valence-electron chi connectivity index (χ0n) is 17.1. The number of hydrogen-bond acceptors (Lipinski definition) is 3. The molecule has 1 fully saturated rings. The summed E-state index contributed by atoms with van der Waals surface area (Å²) in [5.74, 6) is -0.702. The maximum Gasteiger partial charge on any atom is 0.224 e. The van der Waals surface area contributed by atoms with Crippen molar-refractivity contribution < 1.29 is 13.2 Å². The van der Waals surface area contributed by atoms with Crippen molar-refractivity contribution in [2.45, 2.75) is 38.5 Å². The van der Waals surface area contributed by atoms with E-state index in [9.17, 15) is 13.2 Å². The van der Waals surface area contributed by atoms with Crippen LogP contribution in [-0.2, 0) is 20.6 Å². The number of rotatable bonds is 6. The predicted molar refractivity (Wildman–Crippen MR) is 121 cm³/mol. The summed E-state index contributed by atoms with van der Waals surface area (Å²) in [6, 6.07) is 12.6. The highest BCUT2D eigenvalue weighted by molar-refractivity contribution is 7.88. The van der Waals surface area contributed by atoms with Gasteiger partial charge < -0.3 is 5.32 Å². The van der Waals surface area contributed by atoms with E-state index in [1.54, 1.807) is 12.1 Å². The molecule has 1 aliphatic heterocycles. The first-order valence-electron chi connectivity index (χ1n) is 9.94. The highest BCUT2D eigenvalue weighted by atomic mass is 35.5. The molecule has 1 heterocycles. The first-order chi connectivity index (χ1) is 14.2. The van der Waals surface area contributed by atoms with Gasteiger partial charge in [0, 0.05) is 23.1 Å². The van der Waals surface area contributed by atoms with Gasteiger partial charge >= 0.3 is 0 Å². The molecule has 0 aliphatic carbocycles. The molecule has 2 aromatic rings. The van der Waals surface area contributed by atoms with Crippen LogP contribution in [0.2, 0.25) is 10.0 Å². The summed E-state index contributed by atoms with van der Waals surface area (Å²) >= 11 is 12.0. The van der Waals surface area contributed by atoms with Crippen molar-refractivity contribution in [2.75, 3.05) is 13.1 Å². The molecule has 5 nitrogen and oxygen atoms in total. The van der Waals surface area contributed by atoms with Gasteiger partial charge in [0.05, 0.1) is 17.7 Å². The molecular weight excluding hydrogens is 443 g/mol. The lowest BCUT2D eigenvalue weighted by atomic mass is 9.97. The molecule has 3 rings (SSSR count). The molecule has 0 bridgehead atoms. The molecular formula is C22H26Cl2N2O3S. The molecule has 0 saturated carbocycles. The van der Waals surface area contributed by atoms with E-state index < -0.39 is 10.0 Å². The minimum atomic E-state index is -3.60. The summed E-state index contributed by atoms with van der Waals surface area (Å²) in [4.78, 5) is 12.8. The monoisotopic (exact) mass is 468 g/mol. The number of nitrogens with one attached hydrogen (secondary N) is 1. The first kappa shape index (κ1) is 23.1. The lowest BCUT2D eigenvalue weighted by Gasteiger charge is -2.32. The van der Waals surface area contributed by atoms with E-state index in [1.807, 2.05) is 38.1 Å². The van der Waals surface area contributed by atoms with Crippen LogP contribution in [0, 0.1) is 12.8 Å². The van der Waals surface area contributed by atoms with Crippen LogP contribution in [0.4, 0.5) is 0 Å². The van der Waals surface area contributed by atoms with E-state index in [0.717, 1.165) is 11.1 Å². The second-order valence-corrected chi connectivity index (χ2v) is 10.6. The normalized spacial score (nSPS) is 18.7. The number of benzene rings is 2. The topological polar surface area (TPSA) is 66.5 Å². The van der Waals surface area contributed by atoms with Crippen LogP contribution in [-0.4, -0.2) is 31.7 Å². The fourth-order valence-electron chi connectivity index (χ4n) is 3.61. The van der Waals surface area contributed by atoms with Gasteiger partial charge in [0.2, 0.25) is 15.9 Å². The van der Waals surface area contributed by atoms with Gasteiger partial charge in [-0.1, -0.05) is 59.1 Å². The number of sulfonamides is 1. The number of carbonyl (C=O) groups excluding carboxylic acids is 1.